The number of nitrogens with one attached hydrogen (secondary N) is 1. The predicted octanol–water partition coefficient (Wildman–Crippen LogP) is 3.89. The summed E-state index contributed by atoms with van der Waals surface area (Å²) in [5.41, 5.74) is 2.70. The zero-order chi connectivity index (χ0) is 22.5. The van der Waals surface area contributed by atoms with Crippen molar-refractivity contribution in [2.75, 3.05) is 14.2 Å². The van der Waals surface area contributed by atoms with Gasteiger partial charge < -0.3 is 19.4 Å². The number of methoxy groups -OCH3 is 2. The van der Waals surface area contributed by atoms with E-state index >= 15 is 0 Å². The predicted molar refractivity (Wildman–Crippen MR) is 122 cm³/mol. The van der Waals surface area contributed by atoms with Crippen molar-refractivity contribution in [2.24, 2.45) is 0 Å². The molecular formula is C25H24FN3O3. The Balaban J connectivity index is 1.61. The summed E-state index contributed by atoms with van der Waals surface area (Å²) in [6, 6.07) is 17.5. The van der Waals surface area contributed by atoms with Gasteiger partial charge in [-0.25, -0.2) is 4.39 Å². The molecule has 164 valence electrons. The lowest BCUT2D eigenvalue weighted by atomic mass is 10.1. The average Bonchev–Trinajstić information content (AvgIpc) is 2.82. The smallest absolute Gasteiger partial charge is 0.255 e. The van der Waals surface area contributed by atoms with E-state index in [1.165, 1.54) is 12.1 Å². The van der Waals surface area contributed by atoms with Gasteiger partial charge in [-0.1, -0.05) is 12.1 Å². The van der Waals surface area contributed by atoms with E-state index < -0.39 is 0 Å². The molecule has 32 heavy (non-hydrogen) atoms. The summed E-state index contributed by atoms with van der Waals surface area (Å²) >= 11 is 0. The molecule has 4 rings (SSSR count). The van der Waals surface area contributed by atoms with Crippen LogP contribution in [0.2, 0.25) is 0 Å². The SMILES string of the molecule is COc1ccc(CNCc2cc3ccc(F)cc3n(Cc3ccccn3)c2=O)cc1OC. The topological polar surface area (TPSA) is 65.4 Å². The molecule has 0 amide bonds. The van der Waals surface area contributed by atoms with E-state index in [1.54, 1.807) is 31.0 Å². The molecule has 0 fully saturated rings. The minimum atomic E-state index is -0.383. The van der Waals surface area contributed by atoms with Crippen LogP contribution in [0.3, 0.4) is 0 Å². The zero-order valence-corrected chi connectivity index (χ0v) is 18.0. The monoisotopic (exact) mass is 433 g/mol. The molecule has 0 saturated heterocycles. The average molecular weight is 433 g/mol. The highest BCUT2D eigenvalue weighted by molar-refractivity contribution is 5.79. The molecule has 0 aliphatic heterocycles. The highest BCUT2D eigenvalue weighted by Crippen LogP contribution is 2.27. The maximum Gasteiger partial charge on any atom is 0.255 e. The summed E-state index contributed by atoms with van der Waals surface area (Å²) in [6.07, 6.45) is 1.68. The van der Waals surface area contributed by atoms with Crippen LogP contribution in [0.5, 0.6) is 11.5 Å². The quantitative estimate of drug-likeness (QED) is 0.457. The molecular weight excluding hydrogens is 409 g/mol. The minimum absolute atomic E-state index is 0.173. The van der Waals surface area contributed by atoms with Crippen LogP contribution in [-0.4, -0.2) is 23.8 Å². The van der Waals surface area contributed by atoms with Gasteiger partial charge in [-0.2, -0.15) is 0 Å². The molecule has 0 aliphatic rings. The molecule has 4 aromatic rings. The molecule has 0 spiro atoms. The summed E-state index contributed by atoms with van der Waals surface area (Å²) < 4.78 is 26.1. The molecule has 0 aliphatic carbocycles. The van der Waals surface area contributed by atoms with Crippen molar-refractivity contribution in [2.45, 2.75) is 19.6 Å². The lowest BCUT2D eigenvalue weighted by Crippen LogP contribution is -2.28. The largest absolute Gasteiger partial charge is 0.493 e. The number of rotatable bonds is 8. The first-order valence-electron chi connectivity index (χ1n) is 10.2. The molecule has 7 heteroatoms. The van der Waals surface area contributed by atoms with Gasteiger partial charge in [-0.05, 0) is 59.5 Å². The van der Waals surface area contributed by atoms with Gasteiger partial charge in [0.05, 0.1) is 32.0 Å². The first kappa shape index (κ1) is 21.5. The van der Waals surface area contributed by atoms with Crippen molar-refractivity contribution < 1.29 is 13.9 Å². The molecule has 2 aromatic heterocycles. The Kier molecular flexibility index (Phi) is 6.47. The third-order valence-corrected chi connectivity index (χ3v) is 5.27. The maximum atomic E-state index is 13.9. The zero-order valence-electron chi connectivity index (χ0n) is 18.0. The highest BCUT2D eigenvalue weighted by Gasteiger charge is 2.12. The van der Waals surface area contributed by atoms with Gasteiger partial charge >= 0.3 is 0 Å². The van der Waals surface area contributed by atoms with Crippen molar-refractivity contribution in [3.05, 3.63) is 99.9 Å². The fourth-order valence-corrected chi connectivity index (χ4v) is 3.67. The summed E-state index contributed by atoms with van der Waals surface area (Å²) in [6.45, 7) is 1.17. The molecule has 2 heterocycles. The van der Waals surface area contributed by atoms with Crippen LogP contribution in [0.1, 0.15) is 16.8 Å². The fraction of sp³-hybridized carbons (Fsp3) is 0.200. The summed E-state index contributed by atoms with van der Waals surface area (Å²) in [5.74, 6) is 0.929. The maximum absolute atomic E-state index is 13.9. The van der Waals surface area contributed by atoms with Crippen LogP contribution in [0.25, 0.3) is 10.9 Å². The van der Waals surface area contributed by atoms with Crippen LogP contribution in [0.4, 0.5) is 4.39 Å². The van der Waals surface area contributed by atoms with E-state index in [0.29, 0.717) is 35.7 Å². The normalized spacial score (nSPS) is 11.0. The van der Waals surface area contributed by atoms with E-state index in [-0.39, 0.29) is 17.9 Å². The van der Waals surface area contributed by atoms with Crippen molar-refractivity contribution in [3.8, 4) is 11.5 Å². The Hall–Kier alpha value is -3.71. The van der Waals surface area contributed by atoms with E-state index in [0.717, 1.165) is 16.6 Å². The summed E-state index contributed by atoms with van der Waals surface area (Å²) in [7, 11) is 3.19. The van der Waals surface area contributed by atoms with E-state index in [2.05, 4.69) is 10.3 Å². The van der Waals surface area contributed by atoms with Crippen molar-refractivity contribution >= 4 is 10.9 Å². The van der Waals surface area contributed by atoms with Crippen LogP contribution < -0.4 is 20.3 Å². The Morgan fingerprint density at radius 3 is 2.56 bits per heavy atom. The Bertz CT molecular complexity index is 1290. The molecule has 2 aromatic carbocycles. The van der Waals surface area contributed by atoms with Crippen molar-refractivity contribution in [1.82, 2.24) is 14.9 Å². The first-order chi connectivity index (χ1) is 15.6. The molecule has 0 saturated carbocycles. The number of aromatic nitrogens is 2. The van der Waals surface area contributed by atoms with Gasteiger partial charge in [-0.15, -0.1) is 0 Å². The number of benzene rings is 2. The van der Waals surface area contributed by atoms with Gasteiger partial charge in [-0.3, -0.25) is 9.78 Å². The van der Waals surface area contributed by atoms with Crippen molar-refractivity contribution in [3.63, 3.8) is 0 Å². The number of halogens is 1. The number of pyridine rings is 2. The highest BCUT2D eigenvalue weighted by atomic mass is 19.1. The molecule has 1 N–H and O–H groups in total. The van der Waals surface area contributed by atoms with Crippen LogP contribution in [0, 0.1) is 5.82 Å². The Morgan fingerprint density at radius 1 is 0.969 bits per heavy atom. The first-order valence-corrected chi connectivity index (χ1v) is 10.2. The summed E-state index contributed by atoms with van der Waals surface area (Å²) in [4.78, 5) is 17.6. The standard InChI is InChI=1S/C25H24FN3O3/c1-31-23-9-6-17(11-24(23)32-2)14-27-15-19-12-18-7-8-20(26)13-22(18)29(25(19)30)16-21-5-3-4-10-28-21/h3-13,27H,14-16H2,1-2H3. The van der Waals surface area contributed by atoms with Crippen molar-refractivity contribution in [1.29, 1.82) is 0 Å². The molecule has 0 radical (unpaired) electrons. The number of hydrogen-bond acceptors (Lipinski definition) is 5. The number of ether oxygens (including phenoxy) is 2. The van der Waals surface area contributed by atoms with E-state index in [9.17, 15) is 9.18 Å². The lowest BCUT2D eigenvalue weighted by Gasteiger charge is -2.14. The second-order valence-corrected chi connectivity index (χ2v) is 7.38. The van der Waals surface area contributed by atoms with Gasteiger partial charge in [0.2, 0.25) is 0 Å². The second kappa shape index (κ2) is 9.62. The number of fused-ring (bicyclic) bond motifs is 1. The van der Waals surface area contributed by atoms with Gasteiger partial charge in [0.15, 0.2) is 11.5 Å². The molecule has 6 nitrogen and oxygen atoms in total. The van der Waals surface area contributed by atoms with E-state index in [1.807, 2.05) is 42.5 Å². The van der Waals surface area contributed by atoms with Crippen LogP contribution >= 0.6 is 0 Å². The summed E-state index contributed by atoms with van der Waals surface area (Å²) in [5, 5.41) is 4.11. The lowest BCUT2D eigenvalue weighted by molar-refractivity contribution is 0.354. The number of hydrogen-bond donors (Lipinski definition) is 1. The van der Waals surface area contributed by atoms with Crippen LogP contribution in [-0.2, 0) is 19.6 Å². The Labute approximate surface area is 185 Å². The van der Waals surface area contributed by atoms with E-state index in [4.69, 9.17) is 9.47 Å². The van der Waals surface area contributed by atoms with Gasteiger partial charge in [0.1, 0.15) is 5.82 Å². The molecule has 0 atom stereocenters. The van der Waals surface area contributed by atoms with Crippen LogP contribution in [0.15, 0.2) is 71.7 Å². The third kappa shape index (κ3) is 4.63. The van der Waals surface area contributed by atoms with Gasteiger partial charge in [0, 0.05) is 24.8 Å². The third-order valence-electron chi connectivity index (χ3n) is 5.27. The van der Waals surface area contributed by atoms with Gasteiger partial charge in [0.25, 0.3) is 5.56 Å². The number of nitrogens with zero attached hydrogens (tertiary/aromatic N) is 2. The Morgan fingerprint density at radius 2 is 1.81 bits per heavy atom. The second-order valence-electron chi connectivity index (χ2n) is 7.38. The fourth-order valence-electron chi connectivity index (χ4n) is 3.67. The molecule has 0 unspecified atom stereocenters. The minimum Gasteiger partial charge on any atom is -0.493 e. The molecule has 0 bridgehead atoms.